The van der Waals surface area contributed by atoms with Gasteiger partial charge in [0.05, 0.1) is 25.2 Å². The van der Waals surface area contributed by atoms with Gasteiger partial charge in [-0.1, -0.05) is 12.1 Å². The van der Waals surface area contributed by atoms with E-state index in [0.717, 1.165) is 18.8 Å². The average Bonchev–Trinajstić information content (AvgIpc) is 2.98. The van der Waals surface area contributed by atoms with Gasteiger partial charge < -0.3 is 19.7 Å². The molecule has 1 aromatic heterocycles. The number of rotatable bonds is 8. The van der Waals surface area contributed by atoms with Gasteiger partial charge in [0.1, 0.15) is 0 Å². The predicted molar refractivity (Wildman–Crippen MR) is 79.1 cm³/mol. The number of nitrogens with zero attached hydrogens (tertiary/aromatic N) is 2. The zero-order valence-electron chi connectivity index (χ0n) is 13.1. The number of nitrogens with two attached hydrogens (primary N) is 1. The molecule has 1 heterocycles. The van der Waals surface area contributed by atoms with Crippen LogP contribution in [0.4, 0.5) is 0 Å². The van der Waals surface area contributed by atoms with Crippen LogP contribution in [-0.4, -0.2) is 43.6 Å². The molecule has 21 heavy (non-hydrogen) atoms. The van der Waals surface area contributed by atoms with Gasteiger partial charge in [0.25, 0.3) is 0 Å². The first-order chi connectivity index (χ1) is 10.2. The van der Waals surface area contributed by atoms with Crippen molar-refractivity contribution < 1.29 is 14.0 Å². The Morgan fingerprint density at radius 2 is 2.05 bits per heavy atom. The van der Waals surface area contributed by atoms with Crippen molar-refractivity contribution in [1.82, 2.24) is 10.1 Å². The molecule has 0 bridgehead atoms. The Labute approximate surface area is 126 Å². The number of hydrogen-bond acceptors (Lipinski definition) is 6. The molecule has 0 unspecified atom stereocenters. The maximum absolute atomic E-state index is 6.01. The highest BCUT2D eigenvalue weighted by Gasteiger charge is 2.39. The van der Waals surface area contributed by atoms with Gasteiger partial charge >= 0.3 is 0 Å². The third kappa shape index (κ3) is 4.25. The second-order valence-corrected chi connectivity index (χ2v) is 6.04. The summed E-state index contributed by atoms with van der Waals surface area (Å²) in [7, 11) is 1.66. The molecule has 0 spiro atoms. The lowest BCUT2D eigenvalue weighted by molar-refractivity contribution is 0.0714. The molecule has 1 aromatic rings. The highest BCUT2D eigenvalue weighted by Crippen LogP contribution is 2.39. The first-order valence-corrected chi connectivity index (χ1v) is 7.80. The number of ether oxygens (including phenoxy) is 2. The summed E-state index contributed by atoms with van der Waals surface area (Å²) in [4.78, 5) is 4.55. The van der Waals surface area contributed by atoms with Crippen LogP contribution >= 0.6 is 0 Å². The minimum Gasteiger partial charge on any atom is -0.382 e. The fraction of sp³-hybridized carbons (Fsp3) is 0.867. The Morgan fingerprint density at radius 3 is 2.71 bits per heavy atom. The fourth-order valence-electron chi connectivity index (χ4n) is 2.80. The van der Waals surface area contributed by atoms with Gasteiger partial charge in [0, 0.05) is 20.1 Å². The van der Waals surface area contributed by atoms with Gasteiger partial charge in [0.15, 0.2) is 5.82 Å². The molecule has 2 N–H and O–H groups in total. The van der Waals surface area contributed by atoms with E-state index in [2.05, 4.69) is 17.1 Å². The van der Waals surface area contributed by atoms with Gasteiger partial charge in [-0.2, -0.15) is 4.98 Å². The molecule has 120 valence electrons. The van der Waals surface area contributed by atoms with Gasteiger partial charge in [0.2, 0.25) is 5.89 Å². The Hall–Kier alpha value is -0.980. The molecule has 1 fully saturated rings. The van der Waals surface area contributed by atoms with E-state index in [1.165, 1.54) is 12.8 Å². The molecule has 1 aliphatic rings. The van der Waals surface area contributed by atoms with Crippen molar-refractivity contribution in [3.05, 3.63) is 11.7 Å². The molecule has 0 radical (unpaired) electrons. The monoisotopic (exact) mass is 297 g/mol. The lowest BCUT2D eigenvalue weighted by Crippen LogP contribution is -2.39. The fourth-order valence-corrected chi connectivity index (χ4v) is 2.80. The quantitative estimate of drug-likeness (QED) is 0.735. The molecule has 0 atom stereocenters. The van der Waals surface area contributed by atoms with Crippen LogP contribution in [0.2, 0.25) is 0 Å². The maximum atomic E-state index is 6.01. The van der Waals surface area contributed by atoms with E-state index in [0.29, 0.717) is 44.5 Å². The molecule has 0 amide bonds. The highest BCUT2D eigenvalue weighted by atomic mass is 16.5. The molecule has 6 nitrogen and oxygen atoms in total. The first kappa shape index (κ1) is 16.4. The smallest absolute Gasteiger partial charge is 0.234 e. The molecule has 0 aliphatic heterocycles. The summed E-state index contributed by atoms with van der Waals surface area (Å²) in [5.41, 5.74) is 5.90. The van der Waals surface area contributed by atoms with E-state index in [1.54, 1.807) is 7.11 Å². The van der Waals surface area contributed by atoms with Crippen LogP contribution in [0.25, 0.3) is 0 Å². The molecule has 1 saturated carbocycles. The van der Waals surface area contributed by atoms with E-state index in [4.69, 9.17) is 19.7 Å². The number of aromatic nitrogens is 2. The normalized spacial score (nSPS) is 26.1. The average molecular weight is 297 g/mol. The molecule has 0 saturated heterocycles. The summed E-state index contributed by atoms with van der Waals surface area (Å²) in [5.74, 6) is 2.18. The molecule has 2 rings (SSSR count). The standard InChI is InChI=1S/C15H27N3O3/c1-12-3-6-15(11-16,7-4-12)14-17-13(18-21-14)5-8-20-10-9-19-2/h12H,3-11,16H2,1-2H3. The summed E-state index contributed by atoms with van der Waals surface area (Å²) >= 11 is 0. The van der Waals surface area contributed by atoms with Crippen molar-refractivity contribution in [2.45, 2.75) is 44.4 Å². The lowest BCUT2D eigenvalue weighted by Gasteiger charge is -2.35. The lowest BCUT2D eigenvalue weighted by atomic mass is 9.71. The van der Waals surface area contributed by atoms with E-state index in [-0.39, 0.29) is 5.41 Å². The number of hydrogen-bond donors (Lipinski definition) is 1. The Kier molecular flexibility index (Phi) is 6.14. The van der Waals surface area contributed by atoms with Crippen LogP contribution in [0, 0.1) is 5.92 Å². The van der Waals surface area contributed by atoms with Crippen LogP contribution in [-0.2, 0) is 21.3 Å². The molecular weight excluding hydrogens is 270 g/mol. The second kappa shape index (κ2) is 7.87. The SMILES string of the molecule is COCCOCCc1noc(C2(CN)CCC(C)CC2)n1. The van der Waals surface area contributed by atoms with Crippen molar-refractivity contribution >= 4 is 0 Å². The van der Waals surface area contributed by atoms with Crippen molar-refractivity contribution in [3.8, 4) is 0 Å². The third-order valence-electron chi connectivity index (χ3n) is 4.45. The van der Waals surface area contributed by atoms with Crippen molar-refractivity contribution in [2.24, 2.45) is 11.7 Å². The van der Waals surface area contributed by atoms with Crippen LogP contribution < -0.4 is 5.73 Å². The van der Waals surface area contributed by atoms with E-state index >= 15 is 0 Å². The summed E-state index contributed by atoms with van der Waals surface area (Å²) in [6, 6.07) is 0. The van der Waals surface area contributed by atoms with Gasteiger partial charge in [-0.05, 0) is 31.6 Å². The summed E-state index contributed by atoms with van der Waals surface area (Å²) < 4.78 is 15.8. The zero-order valence-corrected chi connectivity index (χ0v) is 13.1. The molecule has 1 aliphatic carbocycles. The first-order valence-electron chi connectivity index (χ1n) is 7.80. The van der Waals surface area contributed by atoms with Crippen molar-refractivity contribution in [3.63, 3.8) is 0 Å². The molecular formula is C15H27N3O3. The van der Waals surface area contributed by atoms with Crippen LogP contribution in [0.3, 0.4) is 0 Å². The highest BCUT2D eigenvalue weighted by molar-refractivity contribution is 5.08. The van der Waals surface area contributed by atoms with Gasteiger partial charge in [-0.25, -0.2) is 0 Å². The minimum absolute atomic E-state index is 0.116. The molecule has 6 heteroatoms. The van der Waals surface area contributed by atoms with Crippen LogP contribution in [0.1, 0.15) is 44.3 Å². The number of methoxy groups -OCH3 is 1. The Balaban J connectivity index is 1.88. The maximum Gasteiger partial charge on any atom is 0.234 e. The Bertz CT molecular complexity index is 414. The van der Waals surface area contributed by atoms with E-state index in [1.807, 2.05) is 0 Å². The largest absolute Gasteiger partial charge is 0.382 e. The molecule has 0 aromatic carbocycles. The van der Waals surface area contributed by atoms with Crippen molar-refractivity contribution in [2.75, 3.05) is 33.5 Å². The van der Waals surface area contributed by atoms with Crippen molar-refractivity contribution in [1.29, 1.82) is 0 Å². The zero-order chi connectivity index (χ0) is 15.1. The summed E-state index contributed by atoms with van der Waals surface area (Å²) in [6.07, 6.45) is 5.08. The van der Waals surface area contributed by atoms with Crippen LogP contribution in [0.15, 0.2) is 4.52 Å². The van der Waals surface area contributed by atoms with Gasteiger partial charge in [-0.15, -0.1) is 0 Å². The third-order valence-corrected chi connectivity index (χ3v) is 4.45. The minimum atomic E-state index is -0.116. The van der Waals surface area contributed by atoms with Crippen LogP contribution in [0.5, 0.6) is 0 Å². The van der Waals surface area contributed by atoms with E-state index in [9.17, 15) is 0 Å². The Morgan fingerprint density at radius 1 is 1.29 bits per heavy atom. The predicted octanol–water partition coefficient (Wildman–Crippen LogP) is 1.68. The summed E-state index contributed by atoms with van der Waals surface area (Å²) in [6.45, 7) is 4.63. The van der Waals surface area contributed by atoms with Gasteiger partial charge in [-0.3, -0.25) is 0 Å². The topological polar surface area (TPSA) is 83.4 Å². The summed E-state index contributed by atoms with van der Waals surface area (Å²) in [5, 5.41) is 4.07. The van der Waals surface area contributed by atoms with E-state index < -0.39 is 0 Å². The second-order valence-electron chi connectivity index (χ2n) is 6.04.